The Hall–Kier alpha value is -2.29. The van der Waals surface area contributed by atoms with Crippen molar-refractivity contribution < 1.29 is 34.1 Å². The van der Waals surface area contributed by atoms with Crippen molar-refractivity contribution in [1.82, 2.24) is 4.90 Å². The van der Waals surface area contributed by atoms with E-state index in [1.54, 1.807) is 6.07 Å². The van der Waals surface area contributed by atoms with Crippen LogP contribution >= 0.6 is 0 Å². The maximum atomic E-state index is 12.4. The summed E-state index contributed by atoms with van der Waals surface area (Å²) in [4.78, 5) is 36.2. The normalized spacial score (nSPS) is 23.5. The van der Waals surface area contributed by atoms with Crippen LogP contribution in [0.15, 0.2) is 18.2 Å². The van der Waals surface area contributed by atoms with Crippen LogP contribution in [0, 0.1) is 0 Å². The lowest BCUT2D eigenvalue weighted by atomic mass is 9.76. The van der Waals surface area contributed by atoms with Crippen molar-refractivity contribution >= 4 is 17.8 Å². The van der Waals surface area contributed by atoms with E-state index in [9.17, 15) is 19.5 Å². The van der Waals surface area contributed by atoms with Crippen molar-refractivity contribution in [3.8, 4) is 0 Å². The lowest BCUT2D eigenvalue weighted by Crippen LogP contribution is -2.42. The lowest BCUT2D eigenvalue weighted by Gasteiger charge is -2.40. The Morgan fingerprint density at radius 1 is 1.04 bits per heavy atom. The number of aliphatic carboxylic acids is 1. The maximum Gasteiger partial charge on any atom is 0.323 e. The van der Waals surface area contributed by atoms with Gasteiger partial charge in [0.25, 0.3) is 11.8 Å². The predicted octanol–water partition coefficient (Wildman–Crippen LogP) is 0.872. The van der Waals surface area contributed by atoms with E-state index in [0.29, 0.717) is 49.4 Å². The van der Waals surface area contributed by atoms with Crippen molar-refractivity contribution in [2.24, 2.45) is 0 Å². The van der Waals surface area contributed by atoms with Crippen LogP contribution in [0.25, 0.3) is 0 Å². The summed E-state index contributed by atoms with van der Waals surface area (Å²) in [7, 11) is 0. The van der Waals surface area contributed by atoms with Gasteiger partial charge < -0.3 is 19.7 Å². The molecular weight excluding hydrogens is 342 g/mol. The Morgan fingerprint density at radius 2 is 1.65 bits per heavy atom. The number of benzene rings is 1. The number of ether oxygens (including phenoxy) is 2. The van der Waals surface area contributed by atoms with Crippen molar-refractivity contribution in [2.75, 3.05) is 19.8 Å². The number of rotatable bonds is 3. The van der Waals surface area contributed by atoms with Crippen LogP contribution in [-0.4, -0.2) is 58.4 Å². The molecule has 1 saturated heterocycles. The van der Waals surface area contributed by atoms with Crippen molar-refractivity contribution in [1.29, 1.82) is 0 Å². The Kier molecular flexibility index (Phi) is 3.87. The zero-order valence-electron chi connectivity index (χ0n) is 14.1. The third-order valence-electron chi connectivity index (χ3n) is 5.45. The molecule has 0 atom stereocenters. The van der Waals surface area contributed by atoms with E-state index in [0.717, 1.165) is 0 Å². The first-order valence-electron chi connectivity index (χ1n) is 8.56. The molecule has 0 radical (unpaired) electrons. The van der Waals surface area contributed by atoms with Crippen LogP contribution in [0.2, 0.25) is 0 Å². The van der Waals surface area contributed by atoms with Crippen LogP contribution in [0.3, 0.4) is 0 Å². The van der Waals surface area contributed by atoms with E-state index >= 15 is 0 Å². The molecule has 138 valence electrons. The van der Waals surface area contributed by atoms with E-state index in [4.69, 9.17) is 14.6 Å². The summed E-state index contributed by atoms with van der Waals surface area (Å²) in [5.74, 6) is -3.14. The molecule has 1 aromatic rings. The number of carbonyl (C=O) groups excluding carboxylic acids is 2. The molecule has 1 spiro atoms. The van der Waals surface area contributed by atoms with Gasteiger partial charge in [0.1, 0.15) is 6.54 Å². The zero-order chi connectivity index (χ0) is 18.5. The topological polar surface area (TPSA) is 113 Å². The molecule has 0 bridgehead atoms. The number of amides is 2. The summed E-state index contributed by atoms with van der Waals surface area (Å²) in [6, 6.07) is 4.62. The average Bonchev–Trinajstić information content (AvgIpc) is 3.17. The number of hydrogen-bond donors (Lipinski definition) is 2. The molecule has 2 fully saturated rings. The smallest absolute Gasteiger partial charge is 0.323 e. The number of carboxylic acid groups (broad SMARTS) is 1. The van der Waals surface area contributed by atoms with Crippen LogP contribution in [-0.2, 0) is 19.9 Å². The number of carbonyl (C=O) groups is 3. The highest BCUT2D eigenvalue weighted by molar-refractivity contribution is 6.22. The number of imide groups is 1. The van der Waals surface area contributed by atoms with Crippen molar-refractivity contribution in [2.45, 2.75) is 37.1 Å². The molecule has 0 unspecified atom stereocenters. The van der Waals surface area contributed by atoms with E-state index in [-0.39, 0.29) is 11.1 Å². The molecule has 2 N–H and O–H groups in total. The largest absolute Gasteiger partial charge is 0.480 e. The number of fused-ring (bicyclic) bond motifs is 1. The summed E-state index contributed by atoms with van der Waals surface area (Å²) in [6.45, 7) is 0.420. The number of hydrogen-bond acceptors (Lipinski definition) is 6. The standard InChI is InChI=1S/C18H19NO7/c20-14(21)10-19-15(22)12-2-1-11(9-13(12)16(19)23)17(24)3-5-18(6-4-17)25-7-8-26-18/h1-2,9,24H,3-8,10H2,(H,20,21). The predicted molar refractivity (Wildman–Crippen MR) is 86.4 cm³/mol. The van der Waals surface area contributed by atoms with Gasteiger partial charge in [0.05, 0.1) is 29.9 Å². The maximum absolute atomic E-state index is 12.4. The fourth-order valence-electron chi connectivity index (χ4n) is 3.98. The molecule has 26 heavy (non-hydrogen) atoms. The summed E-state index contributed by atoms with van der Waals surface area (Å²) >= 11 is 0. The van der Waals surface area contributed by atoms with Gasteiger partial charge in [-0.05, 0) is 30.5 Å². The van der Waals surface area contributed by atoms with E-state index in [1.807, 2.05) is 0 Å². The molecule has 1 aromatic carbocycles. The zero-order valence-corrected chi connectivity index (χ0v) is 14.1. The number of carboxylic acids is 1. The molecule has 0 aromatic heterocycles. The second-order valence-electron chi connectivity index (χ2n) is 6.99. The van der Waals surface area contributed by atoms with Gasteiger partial charge >= 0.3 is 5.97 Å². The van der Waals surface area contributed by atoms with Crippen LogP contribution in [0.4, 0.5) is 0 Å². The van der Waals surface area contributed by atoms with Gasteiger partial charge in [-0.15, -0.1) is 0 Å². The second-order valence-corrected chi connectivity index (χ2v) is 6.99. The molecule has 1 saturated carbocycles. The van der Waals surface area contributed by atoms with Gasteiger partial charge in [0.15, 0.2) is 5.79 Å². The molecule has 8 nitrogen and oxygen atoms in total. The van der Waals surface area contributed by atoms with Gasteiger partial charge in [0.2, 0.25) is 0 Å². The number of aliphatic hydroxyl groups is 1. The summed E-state index contributed by atoms with van der Waals surface area (Å²) in [5.41, 5.74) is -0.296. The Morgan fingerprint density at radius 3 is 2.27 bits per heavy atom. The quantitative estimate of drug-likeness (QED) is 0.768. The highest BCUT2D eigenvalue weighted by Crippen LogP contribution is 2.45. The van der Waals surface area contributed by atoms with Gasteiger partial charge in [0, 0.05) is 12.8 Å². The summed E-state index contributed by atoms with van der Waals surface area (Å²) in [6.07, 6.45) is 1.90. The van der Waals surface area contributed by atoms with Crippen molar-refractivity contribution in [3.05, 3.63) is 34.9 Å². The fourth-order valence-corrected chi connectivity index (χ4v) is 3.98. The first kappa shape index (κ1) is 17.1. The average molecular weight is 361 g/mol. The number of nitrogens with zero attached hydrogens (tertiary/aromatic N) is 1. The Bertz CT molecular complexity index is 787. The summed E-state index contributed by atoms with van der Waals surface area (Å²) in [5, 5.41) is 19.9. The summed E-state index contributed by atoms with van der Waals surface area (Å²) < 4.78 is 11.3. The Labute approximate surface area is 149 Å². The minimum Gasteiger partial charge on any atom is -0.480 e. The highest BCUT2D eigenvalue weighted by Gasteiger charge is 2.47. The first-order valence-corrected chi connectivity index (χ1v) is 8.56. The third-order valence-corrected chi connectivity index (χ3v) is 5.45. The second kappa shape index (κ2) is 5.87. The molecule has 2 aliphatic heterocycles. The van der Waals surface area contributed by atoms with Gasteiger partial charge in [-0.1, -0.05) is 6.07 Å². The minimum atomic E-state index is -1.26. The molecule has 2 heterocycles. The molecule has 8 heteroatoms. The highest BCUT2D eigenvalue weighted by atomic mass is 16.7. The van der Waals surface area contributed by atoms with Crippen LogP contribution in [0.1, 0.15) is 52.0 Å². The minimum absolute atomic E-state index is 0.135. The van der Waals surface area contributed by atoms with Gasteiger partial charge in [-0.2, -0.15) is 0 Å². The molecule has 2 amide bonds. The molecule has 3 aliphatic rings. The van der Waals surface area contributed by atoms with E-state index in [2.05, 4.69) is 0 Å². The van der Waals surface area contributed by atoms with Gasteiger partial charge in [-0.3, -0.25) is 19.3 Å². The third kappa shape index (κ3) is 2.61. The van der Waals surface area contributed by atoms with Crippen LogP contribution in [0.5, 0.6) is 0 Å². The van der Waals surface area contributed by atoms with E-state index < -0.39 is 35.7 Å². The van der Waals surface area contributed by atoms with Gasteiger partial charge in [-0.25, -0.2) is 0 Å². The molecule has 4 rings (SSSR count). The monoisotopic (exact) mass is 361 g/mol. The Balaban J connectivity index is 1.59. The first-order chi connectivity index (χ1) is 12.3. The fraction of sp³-hybridized carbons (Fsp3) is 0.500. The SMILES string of the molecule is O=C(O)CN1C(=O)c2ccc(C3(O)CCC4(CC3)OCCO4)cc2C1=O. The lowest BCUT2D eigenvalue weighted by molar-refractivity contribution is -0.204. The molecule has 1 aliphatic carbocycles. The van der Waals surface area contributed by atoms with Crippen LogP contribution < -0.4 is 0 Å². The molecular formula is C18H19NO7. The van der Waals surface area contributed by atoms with Crippen molar-refractivity contribution in [3.63, 3.8) is 0 Å². The van der Waals surface area contributed by atoms with E-state index in [1.165, 1.54) is 12.1 Å².